The Morgan fingerprint density at radius 3 is 2.28 bits per heavy atom. The number of carboxylic acids is 1. The first kappa shape index (κ1) is 16.7. The quantitative estimate of drug-likeness (QED) is 0.664. The standard InChI is InChI=1S/C12H25N3O3/c1-6-15(12(2,3)10(16)17)11(18)14(5)9-7-8-13-4/h13H,6-9H2,1-5H3,(H,16,17). The zero-order valence-electron chi connectivity index (χ0n) is 12.0. The summed E-state index contributed by atoms with van der Waals surface area (Å²) in [6.45, 7) is 6.66. The third-order valence-electron chi connectivity index (χ3n) is 2.99. The number of carbonyl (C=O) groups excluding carboxylic acids is 1. The topological polar surface area (TPSA) is 72.9 Å². The van der Waals surface area contributed by atoms with Gasteiger partial charge < -0.3 is 20.2 Å². The van der Waals surface area contributed by atoms with Gasteiger partial charge >= 0.3 is 12.0 Å². The molecule has 0 aliphatic heterocycles. The van der Waals surface area contributed by atoms with Crippen LogP contribution in [0.4, 0.5) is 4.79 Å². The fourth-order valence-electron chi connectivity index (χ4n) is 1.68. The van der Waals surface area contributed by atoms with Gasteiger partial charge in [0.05, 0.1) is 0 Å². The molecule has 0 aromatic heterocycles. The number of nitrogens with zero attached hydrogens (tertiary/aromatic N) is 2. The van der Waals surface area contributed by atoms with Gasteiger partial charge in [-0.1, -0.05) is 0 Å². The molecule has 2 amide bonds. The van der Waals surface area contributed by atoms with E-state index >= 15 is 0 Å². The molecule has 0 aliphatic rings. The van der Waals surface area contributed by atoms with Crippen molar-refractivity contribution in [3.63, 3.8) is 0 Å². The summed E-state index contributed by atoms with van der Waals surface area (Å²) in [6, 6.07) is -0.249. The smallest absolute Gasteiger partial charge is 0.329 e. The highest BCUT2D eigenvalue weighted by Crippen LogP contribution is 2.16. The molecule has 0 bridgehead atoms. The fraction of sp³-hybridized carbons (Fsp3) is 0.833. The van der Waals surface area contributed by atoms with Gasteiger partial charge in [0.2, 0.25) is 0 Å². The molecule has 0 fully saturated rings. The predicted octanol–water partition coefficient (Wildman–Crippen LogP) is 0.833. The molecule has 106 valence electrons. The van der Waals surface area contributed by atoms with Crippen molar-refractivity contribution < 1.29 is 14.7 Å². The molecular formula is C12H25N3O3. The van der Waals surface area contributed by atoms with Crippen molar-refractivity contribution in [3.05, 3.63) is 0 Å². The molecule has 18 heavy (non-hydrogen) atoms. The Labute approximate surface area is 109 Å². The number of nitrogens with one attached hydrogen (secondary N) is 1. The summed E-state index contributed by atoms with van der Waals surface area (Å²) in [5.41, 5.74) is -1.19. The van der Waals surface area contributed by atoms with Gasteiger partial charge in [-0.25, -0.2) is 9.59 Å². The number of carbonyl (C=O) groups is 2. The summed E-state index contributed by atoms with van der Waals surface area (Å²) in [7, 11) is 3.55. The van der Waals surface area contributed by atoms with Crippen LogP contribution in [0.15, 0.2) is 0 Å². The molecule has 0 heterocycles. The molecule has 0 saturated heterocycles. The molecule has 0 aromatic carbocycles. The van der Waals surface area contributed by atoms with E-state index in [1.807, 2.05) is 7.05 Å². The van der Waals surface area contributed by atoms with Gasteiger partial charge in [0, 0.05) is 20.1 Å². The summed E-state index contributed by atoms with van der Waals surface area (Å²) in [6.07, 6.45) is 0.837. The van der Waals surface area contributed by atoms with Crippen molar-refractivity contribution >= 4 is 12.0 Å². The monoisotopic (exact) mass is 259 g/mol. The van der Waals surface area contributed by atoms with Gasteiger partial charge in [0.15, 0.2) is 0 Å². The lowest BCUT2D eigenvalue weighted by atomic mass is 10.0. The lowest BCUT2D eigenvalue weighted by Gasteiger charge is -2.37. The van der Waals surface area contributed by atoms with E-state index in [1.165, 1.54) is 18.7 Å². The summed E-state index contributed by atoms with van der Waals surface area (Å²) in [5.74, 6) is -0.999. The average Bonchev–Trinajstić information content (AvgIpc) is 2.29. The molecule has 0 aromatic rings. The van der Waals surface area contributed by atoms with Crippen LogP contribution in [0, 0.1) is 0 Å². The van der Waals surface area contributed by atoms with Crippen molar-refractivity contribution in [2.75, 3.05) is 33.7 Å². The SMILES string of the molecule is CCN(C(=O)N(C)CCCNC)C(C)(C)C(=O)O. The second-order valence-corrected chi connectivity index (χ2v) is 4.77. The Balaban J connectivity index is 4.66. The number of urea groups is 1. The molecule has 0 atom stereocenters. The Morgan fingerprint density at radius 1 is 1.33 bits per heavy atom. The van der Waals surface area contributed by atoms with Crippen LogP contribution in [0.5, 0.6) is 0 Å². The van der Waals surface area contributed by atoms with Gasteiger partial charge in [-0.3, -0.25) is 0 Å². The average molecular weight is 259 g/mol. The summed E-state index contributed by atoms with van der Waals surface area (Å²) >= 11 is 0. The maximum Gasteiger partial charge on any atom is 0.329 e. The maximum absolute atomic E-state index is 12.2. The van der Waals surface area contributed by atoms with Crippen molar-refractivity contribution in [3.8, 4) is 0 Å². The van der Waals surface area contributed by atoms with E-state index < -0.39 is 11.5 Å². The van der Waals surface area contributed by atoms with Gasteiger partial charge in [-0.05, 0) is 40.8 Å². The van der Waals surface area contributed by atoms with Crippen LogP contribution in [0.2, 0.25) is 0 Å². The van der Waals surface area contributed by atoms with E-state index in [4.69, 9.17) is 5.11 Å². The van der Waals surface area contributed by atoms with Crippen LogP contribution in [-0.4, -0.2) is 66.2 Å². The van der Waals surface area contributed by atoms with E-state index in [-0.39, 0.29) is 6.03 Å². The van der Waals surface area contributed by atoms with Gasteiger partial charge in [-0.2, -0.15) is 0 Å². The molecule has 0 radical (unpaired) electrons. The first-order chi connectivity index (χ1) is 8.28. The molecule has 0 saturated carbocycles. The van der Waals surface area contributed by atoms with Crippen LogP contribution in [0.3, 0.4) is 0 Å². The number of aliphatic carboxylic acids is 1. The number of hydrogen-bond donors (Lipinski definition) is 2. The summed E-state index contributed by atoms with van der Waals surface area (Å²) < 4.78 is 0. The van der Waals surface area contributed by atoms with Crippen molar-refractivity contribution in [1.29, 1.82) is 0 Å². The molecule has 2 N–H and O–H groups in total. The molecule has 0 spiro atoms. The molecule has 0 aliphatic carbocycles. The first-order valence-corrected chi connectivity index (χ1v) is 6.19. The van der Waals surface area contributed by atoms with Crippen LogP contribution in [0.1, 0.15) is 27.2 Å². The molecule has 6 heteroatoms. The largest absolute Gasteiger partial charge is 0.480 e. The minimum absolute atomic E-state index is 0.249. The van der Waals surface area contributed by atoms with Gasteiger partial charge in [-0.15, -0.1) is 0 Å². The maximum atomic E-state index is 12.2. The molecular weight excluding hydrogens is 234 g/mol. The molecule has 0 rings (SSSR count). The van der Waals surface area contributed by atoms with Crippen molar-refractivity contribution in [2.24, 2.45) is 0 Å². The molecule has 0 unspecified atom stereocenters. The van der Waals surface area contributed by atoms with E-state index in [1.54, 1.807) is 18.9 Å². The molecule has 6 nitrogen and oxygen atoms in total. The normalized spacial score (nSPS) is 11.2. The van der Waals surface area contributed by atoms with E-state index in [0.717, 1.165) is 13.0 Å². The lowest BCUT2D eigenvalue weighted by Crippen LogP contribution is -2.56. The minimum Gasteiger partial charge on any atom is -0.480 e. The number of amides is 2. The van der Waals surface area contributed by atoms with Gasteiger partial charge in [0.1, 0.15) is 5.54 Å². The number of carboxylic acid groups (broad SMARTS) is 1. The Bertz CT molecular complexity index is 292. The Morgan fingerprint density at radius 2 is 1.89 bits per heavy atom. The van der Waals surface area contributed by atoms with Crippen LogP contribution >= 0.6 is 0 Å². The van der Waals surface area contributed by atoms with Crippen LogP contribution in [-0.2, 0) is 4.79 Å². The van der Waals surface area contributed by atoms with E-state index in [2.05, 4.69) is 5.32 Å². The summed E-state index contributed by atoms with van der Waals surface area (Å²) in [4.78, 5) is 26.3. The summed E-state index contributed by atoms with van der Waals surface area (Å²) in [5, 5.41) is 12.2. The first-order valence-electron chi connectivity index (χ1n) is 6.19. The van der Waals surface area contributed by atoms with Gasteiger partial charge in [0.25, 0.3) is 0 Å². The zero-order valence-corrected chi connectivity index (χ0v) is 12.0. The predicted molar refractivity (Wildman–Crippen MR) is 70.7 cm³/mol. The third-order valence-corrected chi connectivity index (χ3v) is 2.99. The second kappa shape index (κ2) is 7.20. The van der Waals surface area contributed by atoms with E-state index in [0.29, 0.717) is 13.1 Å². The van der Waals surface area contributed by atoms with Crippen LogP contribution in [0.25, 0.3) is 0 Å². The van der Waals surface area contributed by atoms with Crippen molar-refractivity contribution in [1.82, 2.24) is 15.1 Å². The highest BCUT2D eigenvalue weighted by Gasteiger charge is 2.37. The highest BCUT2D eigenvalue weighted by molar-refractivity contribution is 5.85. The zero-order chi connectivity index (χ0) is 14.3. The van der Waals surface area contributed by atoms with Crippen LogP contribution < -0.4 is 5.32 Å². The van der Waals surface area contributed by atoms with Crippen molar-refractivity contribution in [2.45, 2.75) is 32.7 Å². The highest BCUT2D eigenvalue weighted by atomic mass is 16.4. The number of hydrogen-bond acceptors (Lipinski definition) is 3. The second-order valence-electron chi connectivity index (χ2n) is 4.77. The minimum atomic E-state index is -1.19. The Hall–Kier alpha value is -1.30. The lowest BCUT2D eigenvalue weighted by molar-refractivity contribution is -0.147. The number of rotatable bonds is 7. The Kier molecular flexibility index (Phi) is 6.68. The fourth-order valence-corrected chi connectivity index (χ4v) is 1.68. The number of likely N-dealkylation sites (N-methyl/N-ethyl adjacent to an activating group) is 1. The third kappa shape index (κ3) is 4.18. The van der Waals surface area contributed by atoms with E-state index in [9.17, 15) is 9.59 Å².